The molecule has 5 nitrogen and oxygen atoms in total. The van der Waals surface area contributed by atoms with Crippen LogP contribution in [0, 0.1) is 19.8 Å². The van der Waals surface area contributed by atoms with Crippen molar-refractivity contribution in [2.75, 3.05) is 18.0 Å². The number of nitrogens with zero attached hydrogens (tertiary/aromatic N) is 1. The van der Waals surface area contributed by atoms with Crippen molar-refractivity contribution in [2.45, 2.75) is 26.4 Å². The van der Waals surface area contributed by atoms with E-state index in [0.29, 0.717) is 6.54 Å². The molecule has 0 spiro atoms. The van der Waals surface area contributed by atoms with Crippen LogP contribution in [-0.4, -0.2) is 30.0 Å². The smallest absolute Gasteiger partial charge is 0.227 e. The number of benzene rings is 2. The van der Waals surface area contributed by atoms with Crippen LogP contribution in [0.1, 0.15) is 29.2 Å². The number of aliphatic hydroxyl groups excluding tert-OH is 1. The molecule has 1 aliphatic heterocycles. The summed E-state index contributed by atoms with van der Waals surface area (Å²) >= 11 is 0. The van der Waals surface area contributed by atoms with Crippen LogP contribution in [0.5, 0.6) is 0 Å². The molecule has 5 heteroatoms. The summed E-state index contributed by atoms with van der Waals surface area (Å²) in [5.41, 5.74) is 3.80. The molecule has 2 atom stereocenters. The summed E-state index contributed by atoms with van der Waals surface area (Å²) in [6, 6.07) is 15.1. The minimum absolute atomic E-state index is 0.0394. The molecule has 2 unspecified atom stereocenters. The Balaban J connectivity index is 1.61. The van der Waals surface area contributed by atoms with Gasteiger partial charge in [-0.2, -0.15) is 0 Å². The minimum atomic E-state index is -0.757. The molecular formula is C21H24N2O3. The maximum absolute atomic E-state index is 12.5. The minimum Gasteiger partial charge on any atom is -0.387 e. The molecule has 0 bridgehead atoms. The number of aryl methyl sites for hydroxylation is 1. The van der Waals surface area contributed by atoms with Crippen molar-refractivity contribution in [1.29, 1.82) is 0 Å². The Morgan fingerprint density at radius 2 is 1.92 bits per heavy atom. The summed E-state index contributed by atoms with van der Waals surface area (Å²) in [4.78, 5) is 26.6. The van der Waals surface area contributed by atoms with Crippen molar-refractivity contribution in [1.82, 2.24) is 5.32 Å². The number of hydrogen-bond donors (Lipinski definition) is 2. The quantitative estimate of drug-likeness (QED) is 0.869. The maximum Gasteiger partial charge on any atom is 0.227 e. The van der Waals surface area contributed by atoms with Crippen molar-refractivity contribution in [3.8, 4) is 0 Å². The first kappa shape index (κ1) is 18.1. The zero-order valence-corrected chi connectivity index (χ0v) is 15.1. The lowest BCUT2D eigenvalue weighted by Gasteiger charge is -2.20. The molecule has 0 saturated carbocycles. The zero-order valence-electron chi connectivity index (χ0n) is 15.1. The van der Waals surface area contributed by atoms with Crippen LogP contribution in [-0.2, 0) is 9.59 Å². The summed E-state index contributed by atoms with van der Waals surface area (Å²) in [6.45, 7) is 4.50. The second-order valence-corrected chi connectivity index (χ2v) is 6.80. The van der Waals surface area contributed by atoms with Gasteiger partial charge in [-0.15, -0.1) is 0 Å². The Morgan fingerprint density at radius 3 is 2.65 bits per heavy atom. The number of amides is 2. The second kappa shape index (κ2) is 7.70. The van der Waals surface area contributed by atoms with Gasteiger partial charge in [0.25, 0.3) is 0 Å². The summed E-state index contributed by atoms with van der Waals surface area (Å²) in [5.74, 6) is -0.631. The predicted molar refractivity (Wildman–Crippen MR) is 101 cm³/mol. The van der Waals surface area contributed by atoms with Crippen LogP contribution in [0.2, 0.25) is 0 Å². The molecule has 1 saturated heterocycles. The number of anilines is 1. The van der Waals surface area contributed by atoms with Gasteiger partial charge < -0.3 is 15.3 Å². The fraction of sp³-hybridized carbons (Fsp3) is 0.333. The Hall–Kier alpha value is -2.66. The molecule has 0 radical (unpaired) electrons. The monoisotopic (exact) mass is 352 g/mol. The van der Waals surface area contributed by atoms with Crippen molar-refractivity contribution < 1.29 is 14.7 Å². The van der Waals surface area contributed by atoms with E-state index in [-0.39, 0.29) is 24.8 Å². The Labute approximate surface area is 153 Å². The largest absolute Gasteiger partial charge is 0.387 e. The van der Waals surface area contributed by atoms with Crippen LogP contribution in [0.25, 0.3) is 0 Å². The Bertz CT molecular complexity index is 804. The first-order valence-corrected chi connectivity index (χ1v) is 8.84. The van der Waals surface area contributed by atoms with E-state index in [1.165, 1.54) is 0 Å². The van der Waals surface area contributed by atoms with Gasteiger partial charge in [0.1, 0.15) is 0 Å². The van der Waals surface area contributed by atoms with E-state index in [1.54, 1.807) is 4.90 Å². The number of carbonyl (C=O) groups is 2. The molecule has 1 aliphatic rings. The lowest BCUT2D eigenvalue weighted by molar-refractivity contribution is -0.126. The Kier molecular flexibility index (Phi) is 5.38. The highest BCUT2D eigenvalue weighted by Crippen LogP contribution is 2.29. The fourth-order valence-corrected chi connectivity index (χ4v) is 3.28. The summed E-state index contributed by atoms with van der Waals surface area (Å²) in [7, 11) is 0. The summed E-state index contributed by atoms with van der Waals surface area (Å²) in [5, 5.41) is 12.9. The number of aliphatic hydroxyl groups is 1. The molecule has 2 amide bonds. The van der Waals surface area contributed by atoms with E-state index in [1.807, 2.05) is 62.4 Å². The van der Waals surface area contributed by atoms with E-state index in [4.69, 9.17) is 0 Å². The number of nitrogens with one attached hydrogen (secondary N) is 1. The highest BCUT2D eigenvalue weighted by atomic mass is 16.3. The van der Waals surface area contributed by atoms with Crippen LogP contribution in [0.4, 0.5) is 5.69 Å². The van der Waals surface area contributed by atoms with Crippen LogP contribution < -0.4 is 10.2 Å². The highest BCUT2D eigenvalue weighted by molar-refractivity contribution is 6.00. The van der Waals surface area contributed by atoms with E-state index >= 15 is 0 Å². The molecule has 26 heavy (non-hydrogen) atoms. The second-order valence-electron chi connectivity index (χ2n) is 6.80. The van der Waals surface area contributed by atoms with E-state index in [9.17, 15) is 14.7 Å². The third-order valence-electron chi connectivity index (χ3n) is 5.02. The number of hydrogen-bond acceptors (Lipinski definition) is 3. The molecule has 2 aromatic carbocycles. The average molecular weight is 352 g/mol. The molecule has 3 rings (SSSR count). The zero-order chi connectivity index (χ0) is 18.7. The van der Waals surface area contributed by atoms with Gasteiger partial charge in [-0.1, -0.05) is 42.5 Å². The first-order chi connectivity index (χ1) is 12.5. The van der Waals surface area contributed by atoms with Gasteiger partial charge >= 0.3 is 0 Å². The van der Waals surface area contributed by atoms with Gasteiger partial charge in [-0.25, -0.2) is 0 Å². The van der Waals surface area contributed by atoms with Crippen molar-refractivity contribution in [3.63, 3.8) is 0 Å². The maximum atomic E-state index is 12.5. The Morgan fingerprint density at radius 1 is 1.19 bits per heavy atom. The number of carbonyl (C=O) groups excluding carboxylic acids is 2. The van der Waals surface area contributed by atoms with Gasteiger partial charge in [-0.05, 0) is 36.6 Å². The summed E-state index contributed by atoms with van der Waals surface area (Å²) in [6.07, 6.45) is -0.562. The van der Waals surface area contributed by atoms with E-state index in [0.717, 1.165) is 22.4 Å². The van der Waals surface area contributed by atoms with E-state index < -0.39 is 12.0 Å². The topological polar surface area (TPSA) is 69.6 Å². The van der Waals surface area contributed by atoms with Crippen molar-refractivity contribution in [2.24, 2.45) is 5.92 Å². The van der Waals surface area contributed by atoms with Gasteiger partial charge in [0.05, 0.1) is 12.0 Å². The lowest BCUT2D eigenvalue weighted by atomic mass is 10.1. The van der Waals surface area contributed by atoms with Crippen LogP contribution in [0.15, 0.2) is 48.5 Å². The third kappa shape index (κ3) is 3.78. The van der Waals surface area contributed by atoms with Crippen molar-refractivity contribution >= 4 is 17.5 Å². The standard InChI is InChI=1S/C21H24N2O3/c1-14-7-6-10-18(15(14)2)23-13-17(11-20(23)25)21(26)22-12-19(24)16-8-4-3-5-9-16/h3-10,17,19,24H,11-13H2,1-2H3,(H,22,26). The molecule has 1 fully saturated rings. The number of rotatable bonds is 5. The first-order valence-electron chi connectivity index (χ1n) is 8.84. The highest BCUT2D eigenvalue weighted by Gasteiger charge is 2.35. The molecule has 0 aromatic heterocycles. The SMILES string of the molecule is Cc1cccc(N2CC(C(=O)NCC(O)c3ccccc3)CC2=O)c1C. The fourth-order valence-electron chi connectivity index (χ4n) is 3.28. The molecule has 2 aromatic rings. The molecule has 0 aliphatic carbocycles. The van der Waals surface area contributed by atoms with Gasteiger partial charge in [-0.3, -0.25) is 9.59 Å². The molecule has 2 N–H and O–H groups in total. The van der Waals surface area contributed by atoms with Gasteiger partial charge in [0.15, 0.2) is 0 Å². The molecular weight excluding hydrogens is 328 g/mol. The third-order valence-corrected chi connectivity index (χ3v) is 5.02. The predicted octanol–water partition coefficient (Wildman–Crippen LogP) is 2.51. The molecule has 1 heterocycles. The molecule has 136 valence electrons. The summed E-state index contributed by atoms with van der Waals surface area (Å²) < 4.78 is 0. The van der Waals surface area contributed by atoms with Crippen LogP contribution in [0.3, 0.4) is 0 Å². The van der Waals surface area contributed by atoms with E-state index in [2.05, 4.69) is 5.32 Å². The normalized spacial score (nSPS) is 18.0. The van der Waals surface area contributed by atoms with Gasteiger partial charge in [0, 0.05) is 25.2 Å². The van der Waals surface area contributed by atoms with Crippen molar-refractivity contribution in [3.05, 3.63) is 65.2 Å². The lowest BCUT2D eigenvalue weighted by Crippen LogP contribution is -2.35. The van der Waals surface area contributed by atoms with Gasteiger partial charge in [0.2, 0.25) is 11.8 Å². The van der Waals surface area contributed by atoms with Crippen LogP contribution >= 0.6 is 0 Å². The average Bonchev–Trinajstić information content (AvgIpc) is 3.04.